The van der Waals surface area contributed by atoms with E-state index in [-0.39, 0.29) is 5.91 Å². The first-order chi connectivity index (χ1) is 10.1. The average Bonchev–Trinajstić information content (AvgIpc) is 2.49. The van der Waals surface area contributed by atoms with Crippen molar-refractivity contribution in [3.05, 3.63) is 60.2 Å². The van der Waals surface area contributed by atoms with Crippen LogP contribution in [0.25, 0.3) is 0 Å². The number of rotatable bonds is 6. The van der Waals surface area contributed by atoms with Crippen LogP contribution in [0.5, 0.6) is 0 Å². The molecule has 0 heterocycles. The van der Waals surface area contributed by atoms with Gasteiger partial charge in [-0.1, -0.05) is 18.2 Å². The molecule has 0 aliphatic rings. The highest BCUT2D eigenvalue weighted by atomic mass is 32.2. The van der Waals surface area contributed by atoms with E-state index < -0.39 is 5.91 Å². The summed E-state index contributed by atoms with van der Waals surface area (Å²) in [5.74, 6) is 0.187. The van der Waals surface area contributed by atoms with Gasteiger partial charge in [0.05, 0.1) is 0 Å². The normalized spacial score (nSPS) is 10.1. The molecular formula is C16H16N2O2S. The van der Waals surface area contributed by atoms with Gasteiger partial charge in [0.2, 0.25) is 11.8 Å². The molecule has 0 unspecified atom stereocenters. The van der Waals surface area contributed by atoms with Gasteiger partial charge in [0.1, 0.15) is 0 Å². The van der Waals surface area contributed by atoms with Gasteiger partial charge in [-0.3, -0.25) is 9.59 Å². The number of hydrogen-bond acceptors (Lipinski definition) is 3. The number of anilines is 1. The van der Waals surface area contributed by atoms with Gasteiger partial charge in [0.25, 0.3) is 0 Å². The van der Waals surface area contributed by atoms with Gasteiger partial charge in [0, 0.05) is 28.3 Å². The highest BCUT2D eigenvalue weighted by Gasteiger charge is 2.04. The van der Waals surface area contributed by atoms with Gasteiger partial charge in [0.15, 0.2) is 0 Å². The highest BCUT2D eigenvalue weighted by Crippen LogP contribution is 2.18. The first-order valence-electron chi connectivity index (χ1n) is 6.53. The Hall–Kier alpha value is -2.27. The Morgan fingerprint density at radius 1 is 1.00 bits per heavy atom. The number of amides is 2. The summed E-state index contributed by atoms with van der Waals surface area (Å²) in [6.07, 6.45) is 0.428. The van der Waals surface area contributed by atoms with Gasteiger partial charge in [-0.25, -0.2) is 0 Å². The fourth-order valence-electron chi connectivity index (χ4n) is 1.72. The Labute approximate surface area is 127 Å². The molecule has 2 aromatic carbocycles. The van der Waals surface area contributed by atoms with E-state index in [4.69, 9.17) is 5.73 Å². The lowest BCUT2D eigenvalue weighted by atomic mass is 10.2. The summed E-state index contributed by atoms with van der Waals surface area (Å²) in [6, 6.07) is 16.5. The zero-order chi connectivity index (χ0) is 15.1. The Morgan fingerprint density at radius 2 is 1.67 bits per heavy atom. The van der Waals surface area contributed by atoms with Crippen molar-refractivity contribution in [2.45, 2.75) is 11.3 Å². The number of nitrogens with one attached hydrogen (secondary N) is 1. The van der Waals surface area contributed by atoms with Crippen molar-refractivity contribution in [3.8, 4) is 0 Å². The van der Waals surface area contributed by atoms with E-state index in [1.54, 1.807) is 36.0 Å². The van der Waals surface area contributed by atoms with Crippen molar-refractivity contribution in [1.82, 2.24) is 0 Å². The number of nitrogens with two attached hydrogens (primary N) is 1. The lowest BCUT2D eigenvalue weighted by molar-refractivity contribution is -0.115. The Kier molecular flexibility index (Phi) is 5.40. The summed E-state index contributed by atoms with van der Waals surface area (Å²) in [5.41, 5.74) is 6.24. The van der Waals surface area contributed by atoms with Crippen LogP contribution in [0.3, 0.4) is 0 Å². The number of hydrogen-bond donors (Lipinski definition) is 2. The predicted octanol–water partition coefficient (Wildman–Crippen LogP) is 2.91. The van der Waals surface area contributed by atoms with Crippen LogP contribution in [-0.4, -0.2) is 17.6 Å². The molecule has 0 aliphatic heterocycles. The lowest BCUT2D eigenvalue weighted by Crippen LogP contribution is -2.13. The zero-order valence-electron chi connectivity index (χ0n) is 11.4. The molecule has 0 radical (unpaired) electrons. The van der Waals surface area contributed by atoms with Crippen LogP contribution >= 0.6 is 11.8 Å². The Morgan fingerprint density at radius 3 is 2.29 bits per heavy atom. The first kappa shape index (κ1) is 15.1. The molecular weight excluding hydrogens is 284 g/mol. The molecule has 0 fully saturated rings. The smallest absolute Gasteiger partial charge is 0.248 e. The van der Waals surface area contributed by atoms with Gasteiger partial charge >= 0.3 is 0 Å². The fourth-order valence-corrected chi connectivity index (χ4v) is 2.59. The molecule has 0 aromatic heterocycles. The minimum Gasteiger partial charge on any atom is -0.366 e. The summed E-state index contributed by atoms with van der Waals surface area (Å²) in [4.78, 5) is 23.9. The summed E-state index contributed by atoms with van der Waals surface area (Å²) in [7, 11) is 0. The monoisotopic (exact) mass is 300 g/mol. The van der Waals surface area contributed by atoms with E-state index in [9.17, 15) is 9.59 Å². The molecule has 0 bridgehead atoms. The molecule has 0 atom stereocenters. The minimum absolute atomic E-state index is 0.0507. The maximum Gasteiger partial charge on any atom is 0.248 e. The number of carbonyl (C=O) groups is 2. The van der Waals surface area contributed by atoms with Crippen molar-refractivity contribution in [1.29, 1.82) is 0 Å². The topological polar surface area (TPSA) is 72.2 Å². The van der Waals surface area contributed by atoms with E-state index in [2.05, 4.69) is 5.32 Å². The largest absolute Gasteiger partial charge is 0.366 e. The van der Waals surface area contributed by atoms with Crippen molar-refractivity contribution < 1.29 is 9.59 Å². The zero-order valence-corrected chi connectivity index (χ0v) is 12.2. The third-order valence-corrected chi connectivity index (χ3v) is 3.81. The molecule has 2 aromatic rings. The van der Waals surface area contributed by atoms with Gasteiger partial charge in [-0.05, 0) is 36.4 Å². The summed E-state index contributed by atoms with van der Waals surface area (Å²) in [5, 5.41) is 2.79. The molecule has 2 amide bonds. The van der Waals surface area contributed by atoms with Crippen LogP contribution in [0.15, 0.2) is 59.5 Å². The summed E-state index contributed by atoms with van der Waals surface area (Å²) in [6.45, 7) is 0. The second kappa shape index (κ2) is 7.50. The highest BCUT2D eigenvalue weighted by molar-refractivity contribution is 7.99. The lowest BCUT2D eigenvalue weighted by Gasteiger charge is -2.06. The van der Waals surface area contributed by atoms with Crippen LogP contribution in [0, 0.1) is 0 Å². The number of benzene rings is 2. The molecule has 0 aliphatic carbocycles. The molecule has 0 saturated carbocycles. The van der Waals surface area contributed by atoms with E-state index in [1.807, 2.05) is 30.3 Å². The van der Waals surface area contributed by atoms with Crippen LogP contribution in [0.4, 0.5) is 5.69 Å². The molecule has 3 N–H and O–H groups in total. The minimum atomic E-state index is -0.480. The molecule has 21 heavy (non-hydrogen) atoms. The SMILES string of the molecule is NC(=O)c1ccc(NC(=O)CCSc2ccccc2)cc1. The van der Waals surface area contributed by atoms with Crippen molar-refractivity contribution in [2.24, 2.45) is 5.73 Å². The number of thioether (sulfide) groups is 1. The van der Waals surface area contributed by atoms with Crippen LogP contribution in [0.2, 0.25) is 0 Å². The number of carbonyl (C=O) groups excluding carboxylic acids is 2. The van der Waals surface area contributed by atoms with Crippen molar-refractivity contribution in [2.75, 3.05) is 11.1 Å². The standard InChI is InChI=1S/C16H16N2O2S/c17-16(20)12-6-8-13(9-7-12)18-15(19)10-11-21-14-4-2-1-3-5-14/h1-9H,10-11H2,(H2,17,20)(H,18,19). The second-order valence-electron chi connectivity index (χ2n) is 4.40. The van der Waals surface area contributed by atoms with E-state index in [1.165, 1.54) is 0 Å². The predicted molar refractivity (Wildman–Crippen MR) is 85.4 cm³/mol. The van der Waals surface area contributed by atoms with Crippen molar-refractivity contribution in [3.63, 3.8) is 0 Å². The molecule has 0 spiro atoms. The Balaban J connectivity index is 1.78. The van der Waals surface area contributed by atoms with E-state index in [0.29, 0.717) is 17.7 Å². The van der Waals surface area contributed by atoms with Gasteiger partial charge in [-0.2, -0.15) is 0 Å². The van der Waals surface area contributed by atoms with Crippen LogP contribution in [0.1, 0.15) is 16.8 Å². The summed E-state index contributed by atoms with van der Waals surface area (Å²) >= 11 is 1.64. The third kappa shape index (κ3) is 4.96. The maximum absolute atomic E-state index is 11.8. The average molecular weight is 300 g/mol. The van der Waals surface area contributed by atoms with E-state index in [0.717, 1.165) is 10.6 Å². The van der Waals surface area contributed by atoms with Gasteiger partial charge < -0.3 is 11.1 Å². The maximum atomic E-state index is 11.8. The quantitative estimate of drug-likeness (QED) is 0.806. The third-order valence-electron chi connectivity index (χ3n) is 2.79. The molecule has 4 nitrogen and oxygen atoms in total. The fraction of sp³-hybridized carbons (Fsp3) is 0.125. The van der Waals surface area contributed by atoms with Crippen LogP contribution in [-0.2, 0) is 4.79 Å². The molecule has 5 heteroatoms. The Bertz CT molecular complexity index is 612. The molecule has 108 valence electrons. The number of primary amides is 1. The first-order valence-corrected chi connectivity index (χ1v) is 7.51. The molecule has 0 saturated heterocycles. The summed E-state index contributed by atoms with van der Waals surface area (Å²) < 4.78 is 0. The van der Waals surface area contributed by atoms with E-state index >= 15 is 0 Å². The second-order valence-corrected chi connectivity index (χ2v) is 5.57. The van der Waals surface area contributed by atoms with Crippen LogP contribution < -0.4 is 11.1 Å². The van der Waals surface area contributed by atoms with Gasteiger partial charge in [-0.15, -0.1) is 11.8 Å². The molecule has 2 rings (SSSR count). The van der Waals surface area contributed by atoms with Crippen molar-refractivity contribution >= 4 is 29.3 Å².